The first-order chi connectivity index (χ1) is 9.37. The van der Waals surface area contributed by atoms with Gasteiger partial charge in [0, 0.05) is 6.42 Å². The van der Waals surface area contributed by atoms with Crippen LogP contribution in [-0.4, -0.2) is 24.8 Å². The zero-order valence-corrected chi connectivity index (χ0v) is 12.3. The van der Waals surface area contributed by atoms with Crippen molar-refractivity contribution in [2.75, 3.05) is 18.1 Å². The summed E-state index contributed by atoms with van der Waals surface area (Å²) >= 11 is 0. The number of fused-ring (bicyclic) bond motifs is 1. The first-order valence-electron chi connectivity index (χ1n) is 6.91. The van der Waals surface area contributed by atoms with Crippen molar-refractivity contribution < 1.29 is 14.3 Å². The third kappa shape index (κ3) is 3.59. The predicted octanol–water partition coefficient (Wildman–Crippen LogP) is 2.81. The zero-order chi connectivity index (χ0) is 14.8. The number of anilines is 1. The molecule has 1 aromatic carbocycles. The average Bonchev–Trinajstić information content (AvgIpc) is 2.35. The molecule has 0 saturated heterocycles. The molecule has 0 N–H and O–H groups in total. The van der Waals surface area contributed by atoms with Crippen LogP contribution in [0.25, 0.3) is 0 Å². The summed E-state index contributed by atoms with van der Waals surface area (Å²) in [7, 11) is 0. The number of para-hydroxylation sites is 2. The van der Waals surface area contributed by atoms with Crippen LogP contribution in [0.15, 0.2) is 24.3 Å². The number of amides is 1. The van der Waals surface area contributed by atoms with Gasteiger partial charge in [-0.2, -0.15) is 0 Å². The molecule has 2 rings (SSSR count). The van der Waals surface area contributed by atoms with Crippen LogP contribution in [0.2, 0.25) is 0 Å². The summed E-state index contributed by atoms with van der Waals surface area (Å²) in [5.74, 6) is 0.553. The fourth-order valence-corrected chi connectivity index (χ4v) is 2.35. The van der Waals surface area contributed by atoms with E-state index in [2.05, 4.69) is 0 Å². The molecule has 1 amide bonds. The number of nitrogens with zero attached hydrogens (tertiary/aromatic N) is 1. The number of rotatable bonds is 3. The molecule has 0 spiro atoms. The Labute approximate surface area is 119 Å². The van der Waals surface area contributed by atoms with Crippen molar-refractivity contribution in [2.45, 2.75) is 33.6 Å². The lowest BCUT2D eigenvalue weighted by Gasteiger charge is -2.29. The van der Waals surface area contributed by atoms with E-state index in [1.54, 1.807) is 4.90 Å². The highest BCUT2D eigenvalue weighted by molar-refractivity contribution is 6.06. The summed E-state index contributed by atoms with van der Waals surface area (Å²) in [6.07, 6.45) is 0.385. The normalized spacial score (nSPS) is 14.4. The standard InChI is InChI=1S/C16H21NO3/c1-16(2,3)11-12(18)10-15(19)17-8-9-20-14-7-5-4-6-13(14)17/h4-7H,8-11H2,1-3H3. The fraction of sp³-hybridized carbons (Fsp3) is 0.500. The minimum Gasteiger partial charge on any atom is -0.490 e. The Hall–Kier alpha value is -1.84. The van der Waals surface area contributed by atoms with Crippen molar-refractivity contribution in [1.82, 2.24) is 0 Å². The van der Waals surface area contributed by atoms with E-state index in [0.717, 1.165) is 5.69 Å². The van der Waals surface area contributed by atoms with Crippen LogP contribution < -0.4 is 9.64 Å². The van der Waals surface area contributed by atoms with Crippen LogP contribution in [0.1, 0.15) is 33.6 Å². The smallest absolute Gasteiger partial charge is 0.234 e. The van der Waals surface area contributed by atoms with Gasteiger partial charge in [-0.1, -0.05) is 32.9 Å². The Balaban J connectivity index is 2.06. The Morgan fingerprint density at radius 1 is 1.25 bits per heavy atom. The topological polar surface area (TPSA) is 46.6 Å². The summed E-state index contributed by atoms with van der Waals surface area (Å²) in [5, 5.41) is 0. The summed E-state index contributed by atoms with van der Waals surface area (Å²) in [5.41, 5.74) is 0.674. The van der Waals surface area contributed by atoms with Crippen molar-refractivity contribution in [3.8, 4) is 5.75 Å². The first-order valence-corrected chi connectivity index (χ1v) is 6.91. The summed E-state index contributed by atoms with van der Waals surface area (Å²) in [6, 6.07) is 7.43. The van der Waals surface area contributed by atoms with E-state index >= 15 is 0 Å². The Kier molecular flexibility index (Phi) is 4.12. The summed E-state index contributed by atoms with van der Waals surface area (Å²) < 4.78 is 5.51. The molecular formula is C16H21NO3. The lowest BCUT2D eigenvalue weighted by Crippen LogP contribution is -2.39. The molecule has 0 aliphatic carbocycles. The van der Waals surface area contributed by atoms with Crippen LogP contribution in [0.4, 0.5) is 5.69 Å². The molecule has 0 bridgehead atoms. The van der Waals surface area contributed by atoms with E-state index in [1.807, 2.05) is 45.0 Å². The largest absolute Gasteiger partial charge is 0.490 e. The van der Waals surface area contributed by atoms with E-state index in [9.17, 15) is 9.59 Å². The van der Waals surface area contributed by atoms with Crippen LogP contribution in [0.5, 0.6) is 5.75 Å². The summed E-state index contributed by atoms with van der Waals surface area (Å²) in [4.78, 5) is 25.9. The maximum absolute atomic E-state index is 12.3. The molecule has 1 aliphatic heterocycles. The molecule has 1 aliphatic rings. The quantitative estimate of drug-likeness (QED) is 0.797. The van der Waals surface area contributed by atoms with Crippen LogP contribution in [-0.2, 0) is 9.59 Å². The van der Waals surface area contributed by atoms with Crippen molar-refractivity contribution in [3.63, 3.8) is 0 Å². The molecular weight excluding hydrogens is 254 g/mol. The van der Waals surface area contributed by atoms with Crippen molar-refractivity contribution in [3.05, 3.63) is 24.3 Å². The highest BCUT2D eigenvalue weighted by atomic mass is 16.5. The Morgan fingerprint density at radius 2 is 1.95 bits per heavy atom. The molecule has 0 fully saturated rings. The number of hydrogen-bond acceptors (Lipinski definition) is 3. The summed E-state index contributed by atoms with van der Waals surface area (Å²) in [6.45, 7) is 6.97. The molecule has 0 unspecified atom stereocenters. The monoisotopic (exact) mass is 275 g/mol. The van der Waals surface area contributed by atoms with Gasteiger partial charge in [-0.15, -0.1) is 0 Å². The maximum atomic E-state index is 12.3. The van der Waals surface area contributed by atoms with E-state index < -0.39 is 0 Å². The molecule has 0 aromatic heterocycles. The molecule has 1 heterocycles. The number of hydrogen-bond donors (Lipinski definition) is 0. The van der Waals surface area contributed by atoms with Gasteiger partial charge >= 0.3 is 0 Å². The molecule has 1 aromatic rings. The lowest BCUT2D eigenvalue weighted by molar-refractivity contribution is -0.127. The Morgan fingerprint density at radius 3 is 2.65 bits per heavy atom. The highest BCUT2D eigenvalue weighted by Gasteiger charge is 2.26. The average molecular weight is 275 g/mol. The molecule has 0 saturated carbocycles. The van der Waals surface area contributed by atoms with Crippen molar-refractivity contribution in [1.29, 1.82) is 0 Å². The van der Waals surface area contributed by atoms with Crippen LogP contribution in [0, 0.1) is 5.41 Å². The van der Waals surface area contributed by atoms with Crippen molar-refractivity contribution in [2.24, 2.45) is 5.41 Å². The predicted molar refractivity (Wildman–Crippen MR) is 78.0 cm³/mol. The van der Waals surface area contributed by atoms with Gasteiger partial charge in [0.25, 0.3) is 0 Å². The van der Waals surface area contributed by atoms with Gasteiger partial charge in [0.2, 0.25) is 5.91 Å². The third-order valence-electron chi connectivity index (χ3n) is 3.11. The lowest BCUT2D eigenvalue weighted by atomic mass is 9.89. The molecule has 0 atom stereocenters. The zero-order valence-electron chi connectivity index (χ0n) is 12.3. The maximum Gasteiger partial charge on any atom is 0.234 e. The fourth-order valence-electron chi connectivity index (χ4n) is 2.35. The Bertz CT molecular complexity index is 517. The number of ether oxygens (including phenoxy) is 1. The highest BCUT2D eigenvalue weighted by Crippen LogP contribution is 2.31. The first kappa shape index (κ1) is 14.6. The van der Waals surface area contributed by atoms with Gasteiger partial charge in [-0.05, 0) is 17.5 Å². The van der Waals surface area contributed by atoms with Gasteiger partial charge in [-0.25, -0.2) is 0 Å². The number of ketones is 1. The number of carbonyl (C=O) groups excluding carboxylic acids is 2. The second-order valence-electron chi connectivity index (χ2n) is 6.31. The molecule has 4 nitrogen and oxygen atoms in total. The second-order valence-corrected chi connectivity index (χ2v) is 6.31. The third-order valence-corrected chi connectivity index (χ3v) is 3.11. The minimum absolute atomic E-state index is 0.00790. The van der Waals surface area contributed by atoms with E-state index in [-0.39, 0.29) is 23.5 Å². The number of carbonyl (C=O) groups is 2. The molecule has 108 valence electrons. The van der Waals surface area contributed by atoms with Gasteiger partial charge in [-0.3, -0.25) is 9.59 Å². The van der Waals surface area contributed by atoms with E-state index in [1.165, 1.54) is 0 Å². The van der Waals surface area contributed by atoms with Crippen molar-refractivity contribution >= 4 is 17.4 Å². The SMILES string of the molecule is CC(C)(C)CC(=O)CC(=O)N1CCOc2ccccc21. The van der Waals surface area contributed by atoms with E-state index in [0.29, 0.717) is 25.3 Å². The number of Topliss-reactive ketones (excluding diaryl/α,β-unsaturated/α-hetero) is 1. The van der Waals surface area contributed by atoms with E-state index in [4.69, 9.17) is 4.74 Å². The van der Waals surface area contributed by atoms with Crippen LogP contribution >= 0.6 is 0 Å². The molecule has 4 heteroatoms. The van der Waals surface area contributed by atoms with Crippen LogP contribution in [0.3, 0.4) is 0 Å². The number of benzene rings is 1. The second kappa shape index (κ2) is 5.65. The van der Waals surface area contributed by atoms with Gasteiger partial charge in [0.15, 0.2) is 0 Å². The minimum atomic E-state index is -0.144. The van der Waals surface area contributed by atoms with Gasteiger partial charge in [0.05, 0.1) is 18.7 Å². The van der Waals surface area contributed by atoms with Gasteiger partial charge < -0.3 is 9.64 Å². The molecule has 0 radical (unpaired) electrons. The molecule has 20 heavy (non-hydrogen) atoms. The van der Waals surface area contributed by atoms with Gasteiger partial charge in [0.1, 0.15) is 18.1 Å².